The third-order valence-electron chi connectivity index (χ3n) is 1.79. The molecule has 2 rings (SSSR count). The van der Waals surface area contributed by atoms with Crippen LogP contribution in [0.3, 0.4) is 0 Å². The van der Waals surface area contributed by atoms with E-state index < -0.39 is 0 Å². The standard InChI is InChI=1S/C9H10N4/c1-2-8-6-11-9(7-10-8)13-5-3-4-12-13/h3-7H,2H2,1H3. The molecule has 66 valence electrons. The molecule has 0 radical (unpaired) electrons. The average molecular weight is 174 g/mol. The van der Waals surface area contributed by atoms with Gasteiger partial charge in [-0.3, -0.25) is 4.98 Å². The molecule has 0 unspecified atom stereocenters. The second kappa shape index (κ2) is 3.35. The Labute approximate surface area is 76.3 Å². The van der Waals surface area contributed by atoms with E-state index in [0.29, 0.717) is 0 Å². The Kier molecular flexibility index (Phi) is 2.04. The Bertz CT molecular complexity index is 363. The monoisotopic (exact) mass is 174 g/mol. The van der Waals surface area contributed by atoms with Gasteiger partial charge in [0.05, 0.1) is 18.1 Å². The molecule has 2 heterocycles. The summed E-state index contributed by atoms with van der Waals surface area (Å²) in [5.74, 6) is 0.752. The maximum atomic E-state index is 4.23. The lowest BCUT2D eigenvalue weighted by molar-refractivity contribution is 0.828. The fourth-order valence-electron chi connectivity index (χ4n) is 1.05. The van der Waals surface area contributed by atoms with E-state index in [2.05, 4.69) is 22.0 Å². The Morgan fingerprint density at radius 2 is 2.23 bits per heavy atom. The van der Waals surface area contributed by atoms with Crippen molar-refractivity contribution in [1.82, 2.24) is 19.7 Å². The predicted molar refractivity (Wildman–Crippen MR) is 48.5 cm³/mol. The van der Waals surface area contributed by atoms with Crippen molar-refractivity contribution in [2.45, 2.75) is 13.3 Å². The first-order valence-electron chi connectivity index (χ1n) is 4.21. The van der Waals surface area contributed by atoms with E-state index in [0.717, 1.165) is 17.9 Å². The Hall–Kier alpha value is -1.71. The van der Waals surface area contributed by atoms with Crippen molar-refractivity contribution >= 4 is 0 Å². The van der Waals surface area contributed by atoms with Crippen LogP contribution in [0.15, 0.2) is 30.9 Å². The maximum absolute atomic E-state index is 4.23. The first kappa shape index (κ1) is 7.91. The van der Waals surface area contributed by atoms with E-state index in [-0.39, 0.29) is 0 Å². The highest BCUT2D eigenvalue weighted by Crippen LogP contribution is 2.00. The molecule has 0 N–H and O–H groups in total. The number of rotatable bonds is 2. The molecule has 0 fully saturated rings. The molecule has 0 saturated heterocycles. The van der Waals surface area contributed by atoms with E-state index in [1.165, 1.54) is 0 Å². The van der Waals surface area contributed by atoms with Crippen molar-refractivity contribution in [2.75, 3.05) is 0 Å². The topological polar surface area (TPSA) is 43.6 Å². The highest BCUT2D eigenvalue weighted by Gasteiger charge is 1.97. The molecule has 0 atom stereocenters. The molecule has 0 aliphatic rings. The predicted octanol–water partition coefficient (Wildman–Crippen LogP) is 1.22. The summed E-state index contributed by atoms with van der Waals surface area (Å²) >= 11 is 0. The molecule has 0 aliphatic carbocycles. The van der Waals surface area contributed by atoms with Gasteiger partial charge in [-0.25, -0.2) is 9.67 Å². The third-order valence-corrected chi connectivity index (χ3v) is 1.79. The van der Waals surface area contributed by atoms with Crippen molar-refractivity contribution < 1.29 is 0 Å². The van der Waals surface area contributed by atoms with Crippen LogP contribution in [0.1, 0.15) is 12.6 Å². The van der Waals surface area contributed by atoms with Crippen LogP contribution in [-0.2, 0) is 6.42 Å². The molecule has 0 bridgehead atoms. The van der Waals surface area contributed by atoms with E-state index in [9.17, 15) is 0 Å². The number of hydrogen-bond donors (Lipinski definition) is 0. The van der Waals surface area contributed by atoms with Gasteiger partial charge in [0, 0.05) is 12.4 Å². The van der Waals surface area contributed by atoms with Crippen LogP contribution in [-0.4, -0.2) is 19.7 Å². The van der Waals surface area contributed by atoms with Crippen molar-refractivity contribution in [1.29, 1.82) is 0 Å². The Morgan fingerprint density at radius 3 is 2.77 bits per heavy atom. The molecule has 0 saturated carbocycles. The SMILES string of the molecule is CCc1cnc(-n2cccn2)cn1. The summed E-state index contributed by atoms with van der Waals surface area (Å²) in [6.07, 6.45) is 7.97. The smallest absolute Gasteiger partial charge is 0.171 e. The fraction of sp³-hybridized carbons (Fsp3) is 0.222. The molecule has 4 nitrogen and oxygen atoms in total. The van der Waals surface area contributed by atoms with Gasteiger partial charge in [-0.15, -0.1) is 0 Å². The molecule has 4 heteroatoms. The summed E-state index contributed by atoms with van der Waals surface area (Å²) < 4.78 is 1.69. The molecule has 0 amide bonds. The largest absolute Gasteiger partial charge is 0.256 e. The van der Waals surface area contributed by atoms with Crippen molar-refractivity contribution in [3.63, 3.8) is 0 Å². The molecule has 0 aliphatic heterocycles. The molecule has 0 spiro atoms. The number of aryl methyl sites for hydroxylation is 1. The normalized spacial score (nSPS) is 10.2. The van der Waals surface area contributed by atoms with Crippen LogP contribution in [0.25, 0.3) is 5.82 Å². The summed E-state index contributed by atoms with van der Waals surface area (Å²) in [6.45, 7) is 2.05. The fourth-order valence-corrected chi connectivity index (χ4v) is 1.05. The van der Waals surface area contributed by atoms with Gasteiger partial charge in [0.15, 0.2) is 5.82 Å². The minimum Gasteiger partial charge on any atom is -0.256 e. The van der Waals surface area contributed by atoms with Gasteiger partial charge in [0.25, 0.3) is 0 Å². The van der Waals surface area contributed by atoms with Gasteiger partial charge in [-0.05, 0) is 12.5 Å². The molecular formula is C9H10N4. The highest BCUT2D eigenvalue weighted by atomic mass is 15.3. The number of hydrogen-bond acceptors (Lipinski definition) is 3. The molecule has 0 aromatic carbocycles. The van der Waals surface area contributed by atoms with Crippen molar-refractivity contribution in [3.05, 3.63) is 36.5 Å². The molecule has 13 heavy (non-hydrogen) atoms. The van der Waals surface area contributed by atoms with E-state index in [1.807, 2.05) is 12.3 Å². The summed E-state index contributed by atoms with van der Waals surface area (Å²) in [5, 5.41) is 4.06. The molecule has 2 aromatic heterocycles. The number of aromatic nitrogens is 4. The second-order valence-corrected chi connectivity index (χ2v) is 2.67. The van der Waals surface area contributed by atoms with Crippen LogP contribution >= 0.6 is 0 Å². The highest BCUT2D eigenvalue weighted by molar-refractivity contribution is 5.17. The van der Waals surface area contributed by atoms with Crippen molar-refractivity contribution in [3.8, 4) is 5.82 Å². The van der Waals surface area contributed by atoms with Gasteiger partial charge >= 0.3 is 0 Å². The average Bonchev–Trinajstić information content (AvgIpc) is 2.71. The zero-order valence-electron chi connectivity index (χ0n) is 7.38. The summed E-state index contributed by atoms with van der Waals surface area (Å²) in [6, 6.07) is 1.86. The zero-order valence-corrected chi connectivity index (χ0v) is 7.38. The maximum Gasteiger partial charge on any atom is 0.171 e. The summed E-state index contributed by atoms with van der Waals surface area (Å²) in [4.78, 5) is 8.46. The summed E-state index contributed by atoms with van der Waals surface area (Å²) in [5.41, 5.74) is 0.996. The van der Waals surface area contributed by atoms with Crippen molar-refractivity contribution in [2.24, 2.45) is 0 Å². The quantitative estimate of drug-likeness (QED) is 0.687. The lowest BCUT2D eigenvalue weighted by atomic mass is 10.4. The van der Waals surface area contributed by atoms with E-state index in [1.54, 1.807) is 23.3 Å². The third kappa shape index (κ3) is 1.56. The van der Waals surface area contributed by atoms with Crippen LogP contribution < -0.4 is 0 Å². The van der Waals surface area contributed by atoms with Crippen LogP contribution in [0.5, 0.6) is 0 Å². The first-order valence-corrected chi connectivity index (χ1v) is 4.21. The minimum atomic E-state index is 0.752. The lowest BCUT2D eigenvalue weighted by Gasteiger charge is -1.99. The molecule has 2 aromatic rings. The van der Waals surface area contributed by atoms with E-state index in [4.69, 9.17) is 0 Å². The van der Waals surface area contributed by atoms with E-state index >= 15 is 0 Å². The van der Waals surface area contributed by atoms with Gasteiger partial charge in [0.2, 0.25) is 0 Å². The second-order valence-electron chi connectivity index (χ2n) is 2.67. The molecular weight excluding hydrogens is 164 g/mol. The van der Waals surface area contributed by atoms with Gasteiger partial charge in [-0.2, -0.15) is 5.10 Å². The minimum absolute atomic E-state index is 0.752. The Morgan fingerprint density at radius 1 is 1.31 bits per heavy atom. The lowest BCUT2D eigenvalue weighted by Crippen LogP contribution is -1.99. The van der Waals surface area contributed by atoms with Gasteiger partial charge in [0.1, 0.15) is 0 Å². The number of nitrogens with zero attached hydrogens (tertiary/aromatic N) is 4. The van der Waals surface area contributed by atoms with Gasteiger partial charge in [-0.1, -0.05) is 6.92 Å². The summed E-state index contributed by atoms with van der Waals surface area (Å²) in [7, 11) is 0. The zero-order chi connectivity index (χ0) is 9.10. The van der Waals surface area contributed by atoms with Crippen LogP contribution in [0.4, 0.5) is 0 Å². The Balaban J connectivity index is 2.33. The first-order chi connectivity index (χ1) is 6.40. The van der Waals surface area contributed by atoms with Crippen LogP contribution in [0.2, 0.25) is 0 Å². The van der Waals surface area contributed by atoms with Gasteiger partial charge < -0.3 is 0 Å². The van der Waals surface area contributed by atoms with Crippen LogP contribution in [0, 0.1) is 0 Å².